The van der Waals surface area contributed by atoms with Gasteiger partial charge in [0.2, 0.25) is 11.8 Å². The van der Waals surface area contributed by atoms with E-state index in [0.717, 1.165) is 32.5 Å². The Morgan fingerprint density at radius 1 is 1.22 bits per heavy atom. The van der Waals surface area contributed by atoms with Crippen molar-refractivity contribution in [2.75, 3.05) is 25.0 Å². The standard InChI is InChI=1S/C19H22N4O4/c1-12(24)20-17-10-18(22-27-17)26-15-4-2-14(3-5-15)19(25)21-16-11-23-8-6-13(16)7-9-23/h2-5,10,13,16H,6-9,11H2,1H3,(H,20,24)(H,21,25)/t16-/m0/s1. The number of fused-ring (bicyclic) bond motifs is 3. The number of piperidine rings is 3. The van der Waals surface area contributed by atoms with E-state index >= 15 is 0 Å². The van der Waals surface area contributed by atoms with Gasteiger partial charge in [-0.25, -0.2) is 0 Å². The average molecular weight is 370 g/mol. The van der Waals surface area contributed by atoms with Crippen molar-refractivity contribution in [3.05, 3.63) is 35.9 Å². The molecule has 5 rings (SSSR count). The number of ether oxygens (including phenoxy) is 1. The monoisotopic (exact) mass is 370 g/mol. The number of hydrogen-bond acceptors (Lipinski definition) is 6. The number of amides is 2. The first-order valence-corrected chi connectivity index (χ1v) is 9.12. The summed E-state index contributed by atoms with van der Waals surface area (Å²) in [6.45, 7) is 4.62. The quantitative estimate of drug-likeness (QED) is 0.838. The molecule has 1 aromatic heterocycles. The van der Waals surface area contributed by atoms with Crippen LogP contribution in [0.2, 0.25) is 0 Å². The summed E-state index contributed by atoms with van der Waals surface area (Å²) in [5.41, 5.74) is 0.595. The molecule has 0 unspecified atom stereocenters. The summed E-state index contributed by atoms with van der Waals surface area (Å²) in [6.07, 6.45) is 2.33. The highest BCUT2D eigenvalue weighted by Gasteiger charge is 2.34. The van der Waals surface area contributed by atoms with Crippen LogP contribution in [0.3, 0.4) is 0 Å². The molecule has 3 saturated heterocycles. The molecule has 3 aliphatic heterocycles. The Balaban J connectivity index is 1.35. The third-order valence-electron chi connectivity index (χ3n) is 5.10. The summed E-state index contributed by atoms with van der Waals surface area (Å²) in [5.74, 6) is 1.24. The molecule has 0 aliphatic carbocycles. The Morgan fingerprint density at radius 3 is 2.59 bits per heavy atom. The molecule has 8 nitrogen and oxygen atoms in total. The van der Waals surface area contributed by atoms with Crippen LogP contribution in [0.1, 0.15) is 30.1 Å². The highest BCUT2D eigenvalue weighted by molar-refractivity contribution is 5.94. The molecule has 0 saturated carbocycles. The fourth-order valence-corrected chi connectivity index (χ4v) is 3.71. The lowest BCUT2D eigenvalue weighted by Crippen LogP contribution is -2.57. The highest BCUT2D eigenvalue weighted by Crippen LogP contribution is 2.28. The third kappa shape index (κ3) is 4.11. The summed E-state index contributed by atoms with van der Waals surface area (Å²) in [5, 5.41) is 9.37. The fraction of sp³-hybridized carbons (Fsp3) is 0.421. The van der Waals surface area contributed by atoms with E-state index in [9.17, 15) is 9.59 Å². The van der Waals surface area contributed by atoms with Crippen LogP contribution < -0.4 is 15.4 Å². The van der Waals surface area contributed by atoms with Gasteiger partial charge < -0.3 is 19.5 Å². The van der Waals surface area contributed by atoms with E-state index in [4.69, 9.17) is 9.26 Å². The molecular formula is C19H22N4O4. The van der Waals surface area contributed by atoms with Crippen molar-refractivity contribution < 1.29 is 18.8 Å². The lowest BCUT2D eigenvalue weighted by atomic mass is 9.84. The molecule has 2 bridgehead atoms. The fourth-order valence-electron chi connectivity index (χ4n) is 3.71. The molecule has 142 valence electrons. The largest absolute Gasteiger partial charge is 0.436 e. The van der Waals surface area contributed by atoms with Gasteiger partial charge in [0, 0.05) is 25.1 Å². The first-order valence-electron chi connectivity index (χ1n) is 9.12. The van der Waals surface area contributed by atoms with Gasteiger partial charge in [-0.05, 0) is 61.3 Å². The van der Waals surface area contributed by atoms with E-state index in [2.05, 4.69) is 20.7 Å². The van der Waals surface area contributed by atoms with Crippen LogP contribution in [0.25, 0.3) is 0 Å². The second kappa shape index (κ2) is 7.40. The van der Waals surface area contributed by atoms with Gasteiger partial charge in [-0.3, -0.25) is 14.9 Å². The van der Waals surface area contributed by atoms with Crippen LogP contribution in [0.15, 0.2) is 34.9 Å². The molecule has 3 aliphatic rings. The normalized spacial score (nSPS) is 23.7. The van der Waals surface area contributed by atoms with Gasteiger partial charge in [0.15, 0.2) is 0 Å². The van der Waals surface area contributed by atoms with Crippen LogP contribution in [0.5, 0.6) is 11.6 Å². The number of hydrogen-bond donors (Lipinski definition) is 2. The van der Waals surface area contributed by atoms with Crippen molar-refractivity contribution in [1.29, 1.82) is 0 Å². The van der Waals surface area contributed by atoms with Crippen molar-refractivity contribution in [1.82, 2.24) is 15.4 Å². The SMILES string of the molecule is CC(=O)Nc1cc(Oc2ccc(C(=O)N[C@H]3CN4CCC3CC4)cc2)no1. The third-order valence-corrected chi connectivity index (χ3v) is 5.10. The number of nitrogens with one attached hydrogen (secondary N) is 2. The minimum Gasteiger partial charge on any atom is -0.436 e. The van der Waals surface area contributed by atoms with Crippen molar-refractivity contribution >= 4 is 17.7 Å². The predicted octanol–water partition coefficient (Wildman–Crippen LogP) is 2.25. The lowest BCUT2D eigenvalue weighted by Gasteiger charge is -2.44. The van der Waals surface area contributed by atoms with E-state index in [1.165, 1.54) is 13.0 Å². The number of benzene rings is 1. The topological polar surface area (TPSA) is 96.7 Å². The summed E-state index contributed by atoms with van der Waals surface area (Å²) in [4.78, 5) is 25.9. The van der Waals surface area contributed by atoms with Crippen LogP contribution >= 0.6 is 0 Å². The number of rotatable bonds is 5. The number of nitrogens with zero attached hydrogens (tertiary/aromatic N) is 2. The Morgan fingerprint density at radius 2 is 1.96 bits per heavy atom. The molecule has 2 amide bonds. The second-order valence-electron chi connectivity index (χ2n) is 7.06. The Labute approximate surface area is 156 Å². The number of aromatic nitrogens is 1. The summed E-state index contributed by atoms with van der Waals surface area (Å²) in [7, 11) is 0. The maximum atomic E-state index is 12.5. The smallest absolute Gasteiger partial charge is 0.261 e. The summed E-state index contributed by atoms with van der Waals surface area (Å²) in [6, 6.07) is 8.58. The van der Waals surface area contributed by atoms with Crippen molar-refractivity contribution in [2.45, 2.75) is 25.8 Å². The zero-order valence-electron chi connectivity index (χ0n) is 15.1. The van der Waals surface area contributed by atoms with E-state index in [1.807, 2.05) is 0 Å². The van der Waals surface area contributed by atoms with Crippen LogP contribution in [-0.2, 0) is 4.79 Å². The molecule has 1 aromatic carbocycles. The van der Waals surface area contributed by atoms with Gasteiger partial charge in [0.25, 0.3) is 11.8 Å². The first-order chi connectivity index (χ1) is 13.1. The number of carbonyl (C=O) groups is 2. The van der Waals surface area contributed by atoms with E-state index < -0.39 is 0 Å². The molecular weight excluding hydrogens is 348 g/mol. The van der Waals surface area contributed by atoms with E-state index in [0.29, 0.717) is 17.2 Å². The Hall–Kier alpha value is -2.87. The molecule has 8 heteroatoms. The van der Waals surface area contributed by atoms with Crippen molar-refractivity contribution in [2.24, 2.45) is 5.92 Å². The second-order valence-corrected chi connectivity index (χ2v) is 7.06. The predicted molar refractivity (Wildman–Crippen MR) is 97.7 cm³/mol. The van der Waals surface area contributed by atoms with Gasteiger partial charge in [-0.1, -0.05) is 0 Å². The minimum atomic E-state index is -0.254. The average Bonchev–Trinajstić information content (AvgIpc) is 3.09. The zero-order valence-corrected chi connectivity index (χ0v) is 15.1. The van der Waals surface area contributed by atoms with Crippen LogP contribution in [-0.4, -0.2) is 47.5 Å². The maximum Gasteiger partial charge on any atom is 0.261 e. The van der Waals surface area contributed by atoms with Crippen LogP contribution in [0.4, 0.5) is 5.88 Å². The number of carbonyl (C=O) groups excluding carboxylic acids is 2. The maximum absolute atomic E-state index is 12.5. The number of anilines is 1. The van der Waals surface area contributed by atoms with Crippen LogP contribution in [0, 0.1) is 5.92 Å². The Kier molecular flexibility index (Phi) is 4.81. The molecule has 27 heavy (non-hydrogen) atoms. The summed E-state index contributed by atoms with van der Waals surface area (Å²) < 4.78 is 10.5. The molecule has 0 spiro atoms. The molecule has 1 atom stereocenters. The van der Waals surface area contributed by atoms with Gasteiger partial charge in [0.05, 0.1) is 6.07 Å². The molecule has 3 fully saturated rings. The van der Waals surface area contributed by atoms with Gasteiger partial charge in [0.1, 0.15) is 5.75 Å². The first kappa shape index (κ1) is 17.5. The molecule has 2 N–H and O–H groups in total. The van der Waals surface area contributed by atoms with Gasteiger partial charge in [-0.15, -0.1) is 0 Å². The lowest BCUT2D eigenvalue weighted by molar-refractivity contribution is -0.114. The minimum absolute atomic E-state index is 0.0605. The van der Waals surface area contributed by atoms with E-state index in [1.54, 1.807) is 24.3 Å². The van der Waals surface area contributed by atoms with E-state index in [-0.39, 0.29) is 29.6 Å². The molecule has 4 heterocycles. The van der Waals surface area contributed by atoms with Gasteiger partial charge in [-0.2, -0.15) is 0 Å². The van der Waals surface area contributed by atoms with Crippen molar-refractivity contribution in [3.8, 4) is 11.6 Å². The summed E-state index contributed by atoms with van der Waals surface area (Å²) >= 11 is 0. The Bertz CT molecular complexity index is 824. The zero-order chi connectivity index (χ0) is 18.8. The van der Waals surface area contributed by atoms with Crippen molar-refractivity contribution in [3.63, 3.8) is 0 Å². The molecule has 2 aromatic rings. The van der Waals surface area contributed by atoms with Gasteiger partial charge >= 0.3 is 0 Å². The molecule has 0 radical (unpaired) electrons. The highest BCUT2D eigenvalue weighted by atomic mass is 16.5.